The van der Waals surface area contributed by atoms with E-state index in [0.29, 0.717) is 6.61 Å². The zero-order chi connectivity index (χ0) is 9.84. The van der Waals surface area contributed by atoms with Gasteiger partial charge in [0.1, 0.15) is 12.4 Å². The SMILES string of the molecule is CC(N)COc1ccc(Br)cc1Br. The molecule has 0 amide bonds. The van der Waals surface area contributed by atoms with Gasteiger partial charge in [-0.1, -0.05) is 15.9 Å². The molecule has 1 aromatic rings. The van der Waals surface area contributed by atoms with Crippen molar-refractivity contribution in [2.24, 2.45) is 5.73 Å². The fraction of sp³-hybridized carbons (Fsp3) is 0.333. The molecule has 0 aliphatic rings. The Morgan fingerprint density at radius 2 is 2.15 bits per heavy atom. The van der Waals surface area contributed by atoms with Crippen LogP contribution in [0, 0.1) is 0 Å². The zero-order valence-corrected chi connectivity index (χ0v) is 10.4. The second kappa shape index (κ2) is 4.98. The Kier molecular flexibility index (Phi) is 4.22. The van der Waals surface area contributed by atoms with Crippen LogP contribution >= 0.6 is 31.9 Å². The van der Waals surface area contributed by atoms with E-state index in [4.69, 9.17) is 10.5 Å². The Labute approximate surface area is 94.7 Å². The molecule has 1 rings (SSSR count). The van der Waals surface area contributed by atoms with Crippen LogP contribution in [0.5, 0.6) is 5.75 Å². The van der Waals surface area contributed by atoms with Gasteiger partial charge in [-0.25, -0.2) is 0 Å². The van der Waals surface area contributed by atoms with Crippen LogP contribution in [-0.4, -0.2) is 12.6 Å². The smallest absolute Gasteiger partial charge is 0.133 e. The summed E-state index contributed by atoms with van der Waals surface area (Å²) in [6, 6.07) is 5.82. The van der Waals surface area contributed by atoms with Crippen LogP contribution in [0.4, 0.5) is 0 Å². The lowest BCUT2D eigenvalue weighted by molar-refractivity contribution is 0.294. The van der Waals surface area contributed by atoms with Gasteiger partial charge in [0.25, 0.3) is 0 Å². The number of hydrogen-bond acceptors (Lipinski definition) is 2. The molecule has 0 heterocycles. The maximum absolute atomic E-state index is 5.57. The molecule has 72 valence electrons. The molecule has 4 heteroatoms. The van der Waals surface area contributed by atoms with E-state index in [0.717, 1.165) is 14.7 Å². The third-order valence-electron chi connectivity index (χ3n) is 1.40. The van der Waals surface area contributed by atoms with Crippen LogP contribution in [-0.2, 0) is 0 Å². The van der Waals surface area contributed by atoms with Crippen LogP contribution in [0.25, 0.3) is 0 Å². The fourth-order valence-corrected chi connectivity index (χ4v) is 1.98. The molecule has 1 atom stereocenters. The van der Waals surface area contributed by atoms with Crippen LogP contribution < -0.4 is 10.5 Å². The number of ether oxygens (including phenoxy) is 1. The number of benzene rings is 1. The summed E-state index contributed by atoms with van der Waals surface area (Å²) in [7, 11) is 0. The lowest BCUT2D eigenvalue weighted by Gasteiger charge is -2.10. The zero-order valence-electron chi connectivity index (χ0n) is 7.26. The van der Waals surface area contributed by atoms with Gasteiger partial charge in [-0.3, -0.25) is 0 Å². The van der Waals surface area contributed by atoms with E-state index in [2.05, 4.69) is 31.9 Å². The molecule has 2 N–H and O–H groups in total. The van der Waals surface area contributed by atoms with E-state index in [-0.39, 0.29) is 6.04 Å². The number of nitrogens with two attached hydrogens (primary N) is 1. The van der Waals surface area contributed by atoms with Gasteiger partial charge in [0.2, 0.25) is 0 Å². The molecule has 0 bridgehead atoms. The quantitative estimate of drug-likeness (QED) is 0.932. The number of rotatable bonds is 3. The Morgan fingerprint density at radius 1 is 1.46 bits per heavy atom. The largest absolute Gasteiger partial charge is 0.491 e. The Balaban J connectivity index is 2.67. The third kappa shape index (κ3) is 3.67. The van der Waals surface area contributed by atoms with Gasteiger partial charge in [-0.15, -0.1) is 0 Å². The summed E-state index contributed by atoms with van der Waals surface area (Å²) in [6.45, 7) is 2.44. The molecule has 0 saturated carbocycles. The molecule has 0 aliphatic heterocycles. The van der Waals surface area contributed by atoms with E-state index in [1.165, 1.54) is 0 Å². The van der Waals surface area contributed by atoms with Gasteiger partial charge in [0, 0.05) is 10.5 Å². The van der Waals surface area contributed by atoms with Crippen LogP contribution in [0.15, 0.2) is 27.1 Å². The van der Waals surface area contributed by atoms with Gasteiger partial charge in [0.05, 0.1) is 4.47 Å². The first-order chi connectivity index (χ1) is 6.09. The summed E-state index contributed by atoms with van der Waals surface area (Å²) < 4.78 is 7.41. The minimum absolute atomic E-state index is 0.0514. The van der Waals surface area contributed by atoms with Crippen molar-refractivity contribution in [2.75, 3.05) is 6.61 Å². The molecule has 0 fully saturated rings. The second-order valence-corrected chi connectivity index (χ2v) is 4.63. The minimum atomic E-state index is 0.0514. The molecule has 13 heavy (non-hydrogen) atoms. The molecule has 2 nitrogen and oxygen atoms in total. The van der Waals surface area contributed by atoms with Crippen molar-refractivity contribution in [1.82, 2.24) is 0 Å². The van der Waals surface area contributed by atoms with Gasteiger partial charge in [0.15, 0.2) is 0 Å². The molecule has 1 aromatic carbocycles. The standard InChI is InChI=1S/C9H11Br2NO/c1-6(12)5-13-9-3-2-7(10)4-8(9)11/h2-4,6H,5,12H2,1H3. The predicted octanol–water partition coefficient (Wildman–Crippen LogP) is 2.94. The maximum atomic E-state index is 5.57. The predicted molar refractivity (Wildman–Crippen MR) is 61.0 cm³/mol. The Bertz CT molecular complexity index is 289. The van der Waals surface area contributed by atoms with Crippen molar-refractivity contribution in [1.29, 1.82) is 0 Å². The highest BCUT2D eigenvalue weighted by atomic mass is 79.9. The van der Waals surface area contributed by atoms with Crippen LogP contribution in [0.3, 0.4) is 0 Å². The van der Waals surface area contributed by atoms with E-state index in [9.17, 15) is 0 Å². The summed E-state index contributed by atoms with van der Waals surface area (Å²) in [4.78, 5) is 0. The first-order valence-corrected chi connectivity index (χ1v) is 5.51. The van der Waals surface area contributed by atoms with Crippen molar-refractivity contribution < 1.29 is 4.74 Å². The topological polar surface area (TPSA) is 35.2 Å². The third-order valence-corrected chi connectivity index (χ3v) is 2.51. The maximum Gasteiger partial charge on any atom is 0.133 e. The first kappa shape index (κ1) is 11.0. The average molecular weight is 309 g/mol. The monoisotopic (exact) mass is 307 g/mol. The summed E-state index contributed by atoms with van der Waals surface area (Å²) in [5.74, 6) is 0.820. The molecule has 0 radical (unpaired) electrons. The first-order valence-electron chi connectivity index (χ1n) is 3.93. The lowest BCUT2D eigenvalue weighted by Crippen LogP contribution is -2.23. The summed E-state index contributed by atoms with van der Waals surface area (Å²) in [5.41, 5.74) is 5.57. The van der Waals surface area contributed by atoms with Gasteiger partial charge < -0.3 is 10.5 Å². The van der Waals surface area contributed by atoms with Crippen LogP contribution in [0.2, 0.25) is 0 Å². The molecular formula is C9H11Br2NO. The lowest BCUT2D eigenvalue weighted by atomic mass is 10.3. The normalized spacial score (nSPS) is 12.6. The van der Waals surface area contributed by atoms with E-state index >= 15 is 0 Å². The highest BCUT2D eigenvalue weighted by Crippen LogP contribution is 2.28. The summed E-state index contributed by atoms with van der Waals surface area (Å²) >= 11 is 6.77. The number of hydrogen-bond donors (Lipinski definition) is 1. The molecule has 0 aliphatic carbocycles. The molecule has 0 saturated heterocycles. The minimum Gasteiger partial charge on any atom is -0.491 e. The fourth-order valence-electron chi connectivity index (χ4n) is 0.813. The van der Waals surface area contributed by atoms with Gasteiger partial charge in [-0.05, 0) is 41.1 Å². The van der Waals surface area contributed by atoms with E-state index in [1.54, 1.807) is 0 Å². The second-order valence-electron chi connectivity index (χ2n) is 2.86. The van der Waals surface area contributed by atoms with Gasteiger partial charge in [-0.2, -0.15) is 0 Å². The van der Waals surface area contributed by atoms with Crippen molar-refractivity contribution in [3.63, 3.8) is 0 Å². The van der Waals surface area contributed by atoms with Crippen molar-refractivity contribution in [3.8, 4) is 5.75 Å². The van der Waals surface area contributed by atoms with Crippen molar-refractivity contribution >= 4 is 31.9 Å². The van der Waals surface area contributed by atoms with Gasteiger partial charge >= 0.3 is 0 Å². The Hall–Kier alpha value is -0.0600. The van der Waals surface area contributed by atoms with E-state index < -0.39 is 0 Å². The van der Waals surface area contributed by atoms with Crippen molar-refractivity contribution in [3.05, 3.63) is 27.1 Å². The number of halogens is 2. The molecule has 1 unspecified atom stereocenters. The summed E-state index contributed by atoms with van der Waals surface area (Å²) in [6.07, 6.45) is 0. The molecule has 0 aromatic heterocycles. The van der Waals surface area contributed by atoms with Crippen molar-refractivity contribution in [2.45, 2.75) is 13.0 Å². The highest BCUT2D eigenvalue weighted by Gasteiger charge is 2.02. The Morgan fingerprint density at radius 3 is 2.69 bits per heavy atom. The van der Waals surface area contributed by atoms with E-state index in [1.807, 2.05) is 25.1 Å². The molecule has 0 spiro atoms. The summed E-state index contributed by atoms with van der Waals surface area (Å²) in [5, 5.41) is 0. The molecular weight excluding hydrogens is 298 g/mol. The average Bonchev–Trinajstić information content (AvgIpc) is 2.02. The van der Waals surface area contributed by atoms with Crippen LogP contribution in [0.1, 0.15) is 6.92 Å². The highest BCUT2D eigenvalue weighted by molar-refractivity contribution is 9.11.